The Kier molecular flexibility index (Phi) is 5.38. The van der Waals surface area contributed by atoms with Crippen molar-refractivity contribution >= 4 is 23.0 Å². The third-order valence-corrected chi connectivity index (χ3v) is 7.23. The number of aromatic nitrogens is 2. The van der Waals surface area contributed by atoms with Crippen molar-refractivity contribution in [2.24, 2.45) is 5.41 Å². The Morgan fingerprint density at radius 2 is 1.94 bits per heavy atom. The second kappa shape index (κ2) is 8.15. The van der Waals surface area contributed by atoms with E-state index >= 15 is 0 Å². The molecule has 7 heteroatoms. The Bertz CT molecular complexity index is 1290. The number of aryl methyl sites for hydroxylation is 1. The van der Waals surface area contributed by atoms with Crippen molar-refractivity contribution in [3.05, 3.63) is 52.8 Å². The summed E-state index contributed by atoms with van der Waals surface area (Å²) in [4.78, 5) is 36.3. The lowest BCUT2D eigenvalue weighted by Crippen LogP contribution is -2.42. The summed E-state index contributed by atoms with van der Waals surface area (Å²) in [5.74, 6) is 0.143. The summed E-state index contributed by atoms with van der Waals surface area (Å²) in [6.07, 6.45) is 5.38. The topological polar surface area (TPSA) is 89.5 Å². The van der Waals surface area contributed by atoms with Crippen molar-refractivity contribution in [1.29, 1.82) is 0 Å². The molecule has 0 spiro atoms. The maximum Gasteiger partial charge on any atom is 0.407 e. The number of carbonyl (C=O) groups is 2. The van der Waals surface area contributed by atoms with Gasteiger partial charge in [-0.2, -0.15) is 0 Å². The lowest BCUT2D eigenvalue weighted by Gasteiger charge is -2.36. The molecule has 3 aromatic rings. The number of aromatic amines is 1. The van der Waals surface area contributed by atoms with Gasteiger partial charge in [0.25, 0.3) is 0 Å². The SMILES string of the molecule is Cc1c[nH]c2ncc(-c3cc4c(c([C@@H]5CCCN5C(=O)O)c3)CCN(C(=O)C(C)(C)C)C4)cc12. The van der Waals surface area contributed by atoms with Gasteiger partial charge in [0, 0.05) is 48.4 Å². The molecule has 1 fully saturated rings. The van der Waals surface area contributed by atoms with E-state index in [-0.39, 0.29) is 11.9 Å². The minimum Gasteiger partial charge on any atom is -0.465 e. The van der Waals surface area contributed by atoms with Crippen LogP contribution in [0.5, 0.6) is 0 Å². The molecule has 2 aliphatic rings. The number of amides is 2. The highest BCUT2D eigenvalue weighted by molar-refractivity contribution is 5.85. The molecule has 0 saturated carbocycles. The van der Waals surface area contributed by atoms with E-state index in [1.165, 1.54) is 5.56 Å². The fourth-order valence-electron chi connectivity index (χ4n) is 5.46. The molecule has 5 rings (SSSR count). The monoisotopic (exact) mass is 460 g/mol. The first-order valence-electron chi connectivity index (χ1n) is 12.0. The molecule has 4 heterocycles. The van der Waals surface area contributed by atoms with Gasteiger partial charge >= 0.3 is 6.09 Å². The van der Waals surface area contributed by atoms with E-state index < -0.39 is 11.5 Å². The van der Waals surface area contributed by atoms with Gasteiger partial charge in [-0.1, -0.05) is 20.8 Å². The molecule has 1 atom stereocenters. The Morgan fingerprint density at radius 3 is 2.68 bits per heavy atom. The van der Waals surface area contributed by atoms with Gasteiger partial charge in [-0.05, 0) is 72.2 Å². The van der Waals surface area contributed by atoms with Crippen LogP contribution in [0.25, 0.3) is 22.2 Å². The second-order valence-corrected chi connectivity index (χ2v) is 10.7. The summed E-state index contributed by atoms with van der Waals surface area (Å²) in [5, 5.41) is 10.9. The molecule has 0 bridgehead atoms. The quantitative estimate of drug-likeness (QED) is 0.544. The van der Waals surface area contributed by atoms with Gasteiger partial charge in [-0.3, -0.25) is 4.79 Å². The standard InChI is InChI=1S/C27H32N4O3/c1-16-13-28-24-21(16)12-18(14-29-24)17-10-19-15-30(25(32)27(2,3)4)9-7-20(19)22(11-17)23-6-5-8-31(23)26(33)34/h10-14,23H,5-9,15H2,1-4H3,(H,28,29)(H,33,34)/t23-/m0/s1. The first kappa shape index (κ1) is 22.4. The van der Waals surface area contributed by atoms with E-state index in [4.69, 9.17) is 0 Å². The molecule has 0 unspecified atom stereocenters. The molecule has 2 aliphatic heterocycles. The number of pyridine rings is 1. The van der Waals surface area contributed by atoms with Crippen molar-refractivity contribution in [2.45, 2.75) is 59.5 Å². The third kappa shape index (κ3) is 3.83. The normalized spacial score (nSPS) is 18.4. The molecular formula is C27H32N4O3. The number of nitrogens with one attached hydrogen (secondary N) is 1. The van der Waals surface area contributed by atoms with Gasteiger partial charge in [-0.15, -0.1) is 0 Å². The predicted octanol–water partition coefficient (Wildman–Crippen LogP) is 5.28. The van der Waals surface area contributed by atoms with E-state index in [0.29, 0.717) is 19.6 Å². The lowest BCUT2D eigenvalue weighted by molar-refractivity contribution is -0.140. The molecule has 34 heavy (non-hydrogen) atoms. The highest BCUT2D eigenvalue weighted by atomic mass is 16.4. The summed E-state index contributed by atoms with van der Waals surface area (Å²) in [6.45, 7) is 9.68. The lowest BCUT2D eigenvalue weighted by atomic mass is 9.85. The van der Waals surface area contributed by atoms with Crippen LogP contribution >= 0.6 is 0 Å². The van der Waals surface area contributed by atoms with Crippen LogP contribution in [0.2, 0.25) is 0 Å². The van der Waals surface area contributed by atoms with Crippen LogP contribution in [0, 0.1) is 12.3 Å². The van der Waals surface area contributed by atoms with E-state index in [0.717, 1.165) is 58.1 Å². The van der Waals surface area contributed by atoms with Crippen LogP contribution in [-0.4, -0.2) is 50.0 Å². The summed E-state index contributed by atoms with van der Waals surface area (Å²) in [7, 11) is 0. The molecule has 1 aromatic carbocycles. The summed E-state index contributed by atoms with van der Waals surface area (Å²) in [6, 6.07) is 6.33. The number of carbonyl (C=O) groups excluding carboxylic acids is 1. The number of nitrogens with zero attached hydrogens (tertiary/aromatic N) is 3. The molecule has 2 amide bonds. The average molecular weight is 461 g/mol. The fraction of sp³-hybridized carbons (Fsp3) is 0.444. The zero-order valence-corrected chi connectivity index (χ0v) is 20.3. The zero-order valence-electron chi connectivity index (χ0n) is 20.3. The molecule has 7 nitrogen and oxygen atoms in total. The van der Waals surface area contributed by atoms with E-state index in [2.05, 4.69) is 35.1 Å². The van der Waals surface area contributed by atoms with Crippen LogP contribution in [0.15, 0.2) is 30.6 Å². The van der Waals surface area contributed by atoms with Crippen molar-refractivity contribution in [3.8, 4) is 11.1 Å². The second-order valence-electron chi connectivity index (χ2n) is 10.7. The number of carboxylic acid groups (broad SMARTS) is 1. The first-order valence-corrected chi connectivity index (χ1v) is 12.0. The minimum absolute atomic E-state index is 0.143. The third-order valence-electron chi connectivity index (χ3n) is 7.23. The predicted molar refractivity (Wildman–Crippen MR) is 132 cm³/mol. The Morgan fingerprint density at radius 1 is 1.15 bits per heavy atom. The van der Waals surface area contributed by atoms with Crippen LogP contribution in [0.3, 0.4) is 0 Å². The van der Waals surface area contributed by atoms with Crippen LogP contribution in [-0.2, 0) is 17.8 Å². The van der Waals surface area contributed by atoms with E-state index in [1.54, 1.807) is 4.90 Å². The maximum atomic E-state index is 13.0. The maximum absolute atomic E-state index is 13.0. The number of rotatable bonds is 2. The molecular weight excluding hydrogens is 428 g/mol. The molecule has 0 aliphatic carbocycles. The zero-order chi connectivity index (χ0) is 24.2. The number of H-pyrrole nitrogens is 1. The molecule has 1 saturated heterocycles. The fourth-order valence-corrected chi connectivity index (χ4v) is 5.46. The average Bonchev–Trinajstić information content (AvgIpc) is 3.44. The summed E-state index contributed by atoms with van der Waals surface area (Å²) < 4.78 is 0. The highest BCUT2D eigenvalue weighted by Gasteiger charge is 2.35. The van der Waals surface area contributed by atoms with Gasteiger partial charge < -0.3 is 19.9 Å². The highest BCUT2D eigenvalue weighted by Crippen LogP contribution is 2.40. The molecule has 0 radical (unpaired) electrons. The van der Waals surface area contributed by atoms with Crippen LogP contribution < -0.4 is 0 Å². The van der Waals surface area contributed by atoms with Crippen molar-refractivity contribution < 1.29 is 14.7 Å². The van der Waals surface area contributed by atoms with Crippen LogP contribution in [0.4, 0.5) is 4.79 Å². The number of benzene rings is 1. The van der Waals surface area contributed by atoms with Gasteiger partial charge in [0.2, 0.25) is 5.91 Å². The summed E-state index contributed by atoms with van der Waals surface area (Å²) >= 11 is 0. The molecule has 2 N–H and O–H groups in total. The molecule has 2 aromatic heterocycles. The Hall–Kier alpha value is -3.35. The summed E-state index contributed by atoms with van der Waals surface area (Å²) in [5.41, 5.74) is 6.97. The van der Waals surface area contributed by atoms with Crippen molar-refractivity contribution in [3.63, 3.8) is 0 Å². The molecule has 178 valence electrons. The largest absolute Gasteiger partial charge is 0.465 e. The minimum atomic E-state index is -0.868. The number of fused-ring (bicyclic) bond motifs is 2. The van der Waals surface area contributed by atoms with Gasteiger partial charge in [0.15, 0.2) is 0 Å². The first-order chi connectivity index (χ1) is 16.1. The Labute approximate surface area is 199 Å². The smallest absolute Gasteiger partial charge is 0.407 e. The number of hydrogen-bond acceptors (Lipinski definition) is 3. The van der Waals surface area contributed by atoms with Crippen LogP contribution in [0.1, 0.15) is 61.9 Å². The Balaban J connectivity index is 1.63. The van der Waals surface area contributed by atoms with Crippen molar-refractivity contribution in [2.75, 3.05) is 13.1 Å². The number of hydrogen-bond donors (Lipinski definition) is 2. The van der Waals surface area contributed by atoms with Gasteiger partial charge in [0.1, 0.15) is 5.65 Å². The van der Waals surface area contributed by atoms with Gasteiger partial charge in [-0.25, -0.2) is 9.78 Å². The van der Waals surface area contributed by atoms with E-state index in [9.17, 15) is 14.7 Å². The van der Waals surface area contributed by atoms with E-state index in [1.807, 2.05) is 38.1 Å². The van der Waals surface area contributed by atoms with Gasteiger partial charge in [0.05, 0.1) is 6.04 Å². The number of likely N-dealkylation sites (tertiary alicyclic amines) is 1. The van der Waals surface area contributed by atoms with Crippen molar-refractivity contribution in [1.82, 2.24) is 19.8 Å².